The summed E-state index contributed by atoms with van der Waals surface area (Å²) in [6.07, 6.45) is -1.08. The molecule has 0 bridgehead atoms. The van der Waals surface area contributed by atoms with Crippen molar-refractivity contribution in [3.05, 3.63) is 52.2 Å². The van der Waals surface area contributed by atoms with Gasteiger partial charge in [0.1, 0.15) is 5.82 Å². The molecule has 0 amide bonds. The van der Waals surface area contributed by atoms with Crippen molar-refractivity contribution >= 4 is 29.3 Å². The highest BCUT2D eigenvalue weighted by atomic mass is 35.5. The SMILES string of the molecule is CC1CC(C)(C)N(C)c2cc(Cl)c(/C=N/Nc3ccc(C(F)(F)F)cn3)cc21. The number of nitrogens with zero attached hydrogens (tertiary/aromatic N) is 3. The van der Waals surface area contributed by atoms with E-state index in [1.807, 2.05) is 12.1 Å². The van der Waals surface area contributed by atoms with Crippen LogP contribution in [0.5, 0.6) is 0 Å². The summed E-state index contributed by atoms with van der Waals surface area (Å²) in [5, 5.41) is 4.63. The molecule has 1 atom stereocenters. The Hall–Kier alpha value is -2.28. The van der Waals surface area contributed by atoms with Gasteiger partial charge in [0.05, 0.1) is 16.8 Å². The second kappa shape index (κ2) is 7.28. The summed E-state index contributed by atoms with van der Waals surface area (Å²) < 4.78 is 37.7. The molecule has 1 unspecified atom stereocenters. The van der Waals surface area contributed by atoms with Gasteiger partial charge in [0.25, 0.3) is 0 Å². The number of anilines is 2. The molecule has 2 aromatic rings. The minimum atomic E-state index is -4.41. The number of hydrogen-bond acceptors (Lipinski definition) is 4. The van der Waals surface area contributed by atoms with Crippen LogP contribution in [0.15, 0.2) is 35.6 Å². The number of hydrogen-bond donors (Lipinski definition) is 1. The number of aromatic nitrogens is 1. The lowest BCUT2D eigenvalue weighted by Gasteiger charge is -2.45. The fourth-order valence-corrected chi connectivity index (χ4v) is 3.71. The molecule has 0 radical (unpaired) electrons. The molecule has 1 N–H and O–H groups in total. The zero-order valence-electron chi connectivity index (χ0n) is 16.1. The third-order valence-corrected chi connectivity index (χ3v) is 5.55. The number of benzene rings is 1. The lowest BCUT2D eigenvalue weighted by Crippen LogP contribution is -2.45. The van der Waals surface area contributed by atoms with Gasteiger partial charge in [0.15, 0.2) is 0 Å². The summed E-state index contributed by atoms with van der Waals surface area (Å²) in [5.41, 5.74) is 4.90. The minimum absolute atomic E-state index is 0.0428. The fraction of sp³-hybridized carbons (Fsp3) is 0.400. The smallest absolute Gasteiger partial charge is 0.369 e. The van der Waals surface area contributed by atoms with Crippen molar-refractivity contribution in [2.75, 3.05) is 17.4 Å². The lowest BCUT2D eigenvalue weighted by molar-refractivity contribution is -0.137. The van der Waals surface area contributed by atoms with Crippen molar-refractivity contribution in [2.45, 2.75) is 44.8 Å². The number of fused-ring (bicyclic) bond motifs is 1. The molecule has 28 heavy (non-hydrogen) atoms. The van der Waals surface area contributed by atoms with Gasteiger partial charge in [-0.25, -0.2) is 4.98 Å². The van der Waals surface area contributed by atoms with Gasteiger partial charge in [-0.1, -0.05) is 18.5 Å². The summed E-state index contributed by atoms with van der Waals surface area (Å²) in [5.74, 6) is 0.586. The first-order chi connectivity index (χ1) is 13.0. The molecule has 4 nitrogen and oxygen atoms in total. The average Bonchev–Trinajstić information content (AvgIpc) is 2.60. The Morgan fingerprint density at radius 3 is 2.64 bits per heavy atom. The van der Waals surface area contributed by atoms with Crippen LogP contribution in [0, 0.1) is 0 Å². The summed E-state index contributed by atoms with van der Waals surface area (Å²) in [6.45, 7) is 6.60. The van der Waals surface area contributed by atoms with E-state index in [0.29, 0.717) is 10.9 Å². The van der Waals surface area contributed by atoms with Crippen LogP contribution in [0.25, 0.3) is 0 Å². The van der Waals surface area contributed by atoms with Crippen molar-refractivity contribution in [1.82, 2.24) is 4.98 Å². The highest BCUT2D eigenvalue weighted by Gasteiger charge is 2.34. The Labute approximate surface area is 167 Å². The van der Waals surface area contributed by atoms with E-state index in [1.165, 1.54) is 11.6 Å². The van der Waals surface area contributed by atoms with Crippen molar-refractivity contribution < 1.29 is 13.2 Å². The Kier molecular flexibility index (Phi) is 5.32. The van der Waals surface area contributed by atoms with Crippen LogP contribution >= 0.6 is 11.6 Å². The molecule has 2 heterocycles. The molecule has 0 spiro atoms. The Balaban J connectivity index is 1.79. The second-order valence-electron chi connectivity index (χ2n) is 7.71. The van der Waals surface area contributed by atoms with E-state index in [-0.39, 0.29) is 11.4 Å². The van der Waals surface area contributed by atoms with Gasteiger partial charge in [0.2, 0.25) is 0 Å². The number of pyridine rings is 1. The van der Waals surface area contributed by atoms with Gasteiger partial charge in [-0.2, -0.15) is 18.3 Å². The summed E-state index contributed by atoms with van der Waals surface area (Å²) in [6, 6.07) is 6.13. The Morgan fingerprint density at radius 2 is 2.04 bits per heavy atom. The van der Waals surface area contributed by atoms with E-state index in [4.69, 9.17) is 11.6 Å². The molecule has 0 saturated heterocycles. The number of rotatable bonds is 3. The van der Waals surface area contributed by atoms with E-state index in [2.05, 4.69) is 48.2 Å². The van der Waals surface area contributed by atoms with Gasteiger partial charge >= 0.3 is 6.18 Å². The van der Waals surface area contributed by atoms with Gasteiger partial charge in [-0.15, -0.1) is 0 Å². The number of hydrazone groups is 1. The van der Waals surface area contributed by atoms with Crippen LogP contribution in [-0.2, 0) is 6.18 Å². The first kappa shape index (κ1) is 20.5. The second-order valence-corrected chi connectivity index (χ2v) is 8.12. The predicted octanol–water partition coefficient (Wildman–Crippen LogP) is 5.92. The predicted molar refractivity (Wildman–Crippen MR) is 107 cm³/mol. The van der Waals surface area contributed by atoms with Gasteiger partial charge in [-0.05, 0) is 56.0 Å². The molecule has 8 heteroatoms. The third-order valence-electron chi connectivity index (χ3n) is 5.23. The van der Waals surface area contributed by atoms with E-state index < -0.39 is 11.7 Å². The van der Waals surface area contributed by atoms with E-state index in [9.17, 15) is 13.2 Å². The molecule has 1 aromatic carbocycles. The molecule has 150 valence electrons. The maximum atomic E-state index is 12.6. The topological polar surface area (TPSA) is 40.5 Å². The van der Waals surface area contributed by atoms with Crippen LogP contribution in [0.3, 0.4) is 0 Å². The molecular weight excluding hydrogens is 389 g/mol. The van der Waals surface area contributed by atoms with Crippen LogP contribution in [0.2, 0.25) is 5.02 Å². The standard InChI is InChI=1S/C20H22ClF3N4/c1-12-9-19(2,3)28(4)17-8-16(21)13(7-15(12)17)10-26-27-18-6-5-14(11-25-18)20(22,23)24/h5-8,10-12H,9H2,1-4H3,(H,25,27)/b26-10+. The Morgan fingerprint density at radius 1 is 1.32 bits per heavy atom. The van der Waals surface area contributed by atoms with Gasteiger partial charge in [0, 0.05) is 30.0 Å². The van der Waals surface area contributed by atoms with Crippen molar-refractivity contribution in [3.63, 3.8) is 0 Å². The fourth-order valence-electron chi connectivity index (χ4n) is 3.50. The monoisotopic (exact) mass is 410 g/mol. The Bertz CT molecular complexity index is 892. The number of nitrogens with one attached hydrogen (secondary N) is 1. The van der Waals surface area contributed by atoms with Crippen LogP contribution < -0.4 is 10.3 Å². The van der Waals surface area contributed by atoms with Crippen LogP contribution in [0.4, 0.5) is 24.7 Å². The molecule has 0 saturated carbocycles. The molecular formula is C20H22ClF3N4. The maximum absolute atomic E-state index is 12.6. The normalized spacial score (nSPS) is 19.0. The summed E-state index contributed by atoms with van der Waals surface area (Å²) in [4.78, 5) is 5.96. The highest BCUT2D eigenvalue weighted by Crippen LogP contribution is 2.44. The summed E-state index contributed by atoms with van der Waals surface area (Å²) >= 11 is 6.43. The molecule has 1 aliphatic heterocycles. The van der Waals surface area contributed by atoms with E-state index in [1.54, 1.807) is 6.21 Å². The molecule has 1 aromatic heterocycles. The molecule has 0 fully saturated rings. The molecule has 3 rings (SSSR count). The summed E-state index contributed by atoms with van der Waals surface area (Å²) in [7, 11) is 2.06. The van der Waals surface area contributed by atoms with Crippen LogP contribution in [0.1, 0.15) is 49.8 Å². The zero-order valence-corrected chi connectivity index (χ0v) is 16.9. The van der Waals surface area contributed by atoms with Crippen molar-refractivity contribution in [3.8, 4) is 0 Å². The maximum Gasteiger partial charge on any atom is 0.417 e. The van der Waals surface area contributed by atoms with Crippen LogP contribution in [-0.4, -0.2) is 23.8 Å². The quantitative estimate of drug-likeness (QED) is 0.504. The zero-order chi connectivity index (χ0) is 20.7. The van der Waals surface area contributed by atoms with Gasteiger partial charge in [-0.3, -0.25) is 5.43 Å². The first-order valence-corrected chi connectivity index (χ1v) is 9.26. The number of alkyl halides is 3. The van der Waals surface area contributed by atoms with Gasteiger partial charge < -0.3 is 4.90 Å². The van der Waals surface area contributed by atoms with E-state index in [0.717, 1.165) is 29.9 Å². The molecule has 0 aliphatic carbocycles. The highest BCUT2D eigenvalue weighted by molar-refractivity contribution is 6.33. The number of halogens is 4. The lowest BCUT2D eigenvalue weighted by atomic mass is 9.80. The van der Waals surface area contributed by atoms with E-state index >= 15 is 0 Å². The largest absolute Gasteiger partial charge is 0.417 e. The van der Waals surface area contributed by atoms with Crippen molar-refractivity contribution in [2.24, 2.45) is 5.10 Å². The third kappa shape index (κ3) is 4.09. The average molecular weight is 411 g/mol. The first-order valence-electron chi connectivity index (χ1n) is 8.88. The van der Waals surface area contributed by atoms with Crippen molar-refractivity contribution in [1.29, 1.82) is 0 Å². The molecule has 1 aliphatic rings. The minimum Gasteiger partial charge on any atom is -0.369 e.